The highest BCUT2D eigenvalue weighted by Gasteiger charge is 2.22. The van der Waals surface area contributed by atoms with Crippen molar-refractivity contribution in [2.24, 2.45) is 5.84 Å². The number of hydrogen-bond donors (Lipinski definition) is 5. The third-order valence-electron chi connectivity index (χ3n) is 2.06. The highest BCUT2D eigenvalue weighted by molar-refractivity contribution is 7.88. The van der Waals surface area contributed by atoms with Gasteiger partial charge in [-0.15, -0.1) is 0 Å². The summed E-state index contributed by atoms with van der Waals surface area (Å²) in [6, 6.07) is 1.56. The summed E-state index contributed by atoms with van der Waals surface area (Å²) in [5, 5.41) is 2.97. The van der Waals surface area contributed by atoms with Gasteiger partial charge in [-0.1, -0.05) is 0 Å². The number of aromatic nitrogens is 2. The molecule has 0 saturated heterocycles. The number of nitrogens with one attached hydrogen (secondary N) is 3. The third-order valence-corrected chi connectivity index (χ3v) is 2.99. The van der Waals surface area contributed by atoms with E-state index in [0.29, 0.717) is 18.2 Å². The maximum Gasteiger partial charge on any atom is 0.223 e. The molecule has 0 aliphatic heterocycles. The summed E-state index contributed by atoms with van der Waals surface area (Å²) < 4.78 is 24.9. The summed E-state index contributed by atoms with van der Waals surface area (Å²) >= 11 is 0. The van der Waals surface area contributed by atoms with Crippen molar-refractivity contribution in [3.8, 4) is 0 Å². The van der Waals surface area contributed by atoms with Crippen LogP contribution in [-0.2, 0) is 10.0 Å². The van der Waals surface area contributed by atoms with E-state index in [2.05, 4.69) is 25.4 Å². The predicted molar refractivity (Wildman–Crippen MR) is 74.8 cm³/mol. The van der Waals surface area contributed by atoms with Gasteiger partial charge in [0.05, 0.1) is 6.26 Å². The van der Waals surface area contributed by atoms with Gasteiger partial charge in [0.2, 0.25) is 16.0 Å². The summed E-state index contributed by atoms with van der Waals surface area (Å²) in [6.07, 6.45) is 1.11. The van der Waals surface area contributed by atoms with Crippen molar-refractivity contribution in [1.29, 1.82) is 0 Å². The molecule has 10 heteroatoms. The first kappa shape index (κ1) is 15.4. The number of anilines is 3. The van der Waals surface area contributed by atoms with Crippen LogP contribution in [0, 0.1) is 0 Å². The zero-order chi connectivity index (χ0) is 14.7. The largest absolute Gasteiger partial charge is 0.368 e. The number of hydrazine groups is 1. The van der Waals surface area contributed by atoms with Gasteiger partial charge in [0.25, 0.3) is 0 Å². The number of nitrogens with two attached hydrogens (primary N) is 2. The molecule has 0 aromatic carbocycles. The van der Waals surface area contributed by atoms with Crippen molar-refractivity contribution in [2.75, 3.05) is 29.3 Å². The molecule has 1 rings (SSSR count). The Bertz CT molecular complexity index is 543. The molecule has 0 saturated carbocycles. The van der Waals surface area contributed by atoms with Gasteiger partial charge >= 0.3 is 0 Å². The van der Waals surface area contributed by atoms with Crippen LogP contribution in [0.25, 0.3) is 0 Å². The van der Waals surface area contributed by atoms with Crippen molar-refractivity contribution in [3.05, 3.63) is 6.07 Å². The number of nitrogen functional groups attached to an aromatic ring is 2. The van der Waals surface area contributed by atoms with E-state index in [9.17, 15) is 8.42 Å². The third kappa shape index (κ3) is 5.68. The minimum absolute atomic E-state index is 0.0619. The van der Waals surface area contributed by atoms with Crippen LogP contribution in [0.5, 0.6) is 0 Å². The lowest BCUT2D eigenvalue weighted by molar-refractivity contribution is 0.476. The molecule has 1 aromatic heterocycles. The van der Waals surface area contributed by atoms with Crippen LogP contribution in [0.4, 0.5) is 17.6 Å². The van der Waals surface area contributed by atoms with Crippen LogP contribution in [0.3, 0.4) is 0 Å². The van der Waals surface area contributed by atoms with Crippen molar-refractivity contribution in [1.82, 2.24) is 14.7 Å². The smallest absolute Gasteiger partial charge is 0.223 e. The molecule has 0 fully saturated rings. The molecule has 9 nitrogen and oxygen atoms in total. The quantitative estimate of drug-likeness (QED) is 0.333. The van der Waals surface area contributed by atoms with E-state index in [1.165, 1.54) is 0 Å². The molecule has 7 N–H and O–H groups in total. The van der Waals surface area contributed by atoms with E-state index in [4.69, 9.17) is 11.6 Å². The first-order valence-electron chi connectivity index (χ1n) is 5.45. The molecule has 0 aliphatic carbocycles. The Labute approximate surface area is 112 Å². The average Bonchev–Trinajstić information content (AvgIpc) is 2.22. The van der Waals surface area contributed by atoms with Crippen molar-refractivity contribution >= 4 is 27.6 Å². The maximum atomic E-state index is 11.2. The number of hydrogen-bond acceptors (Lipinski definition) is 8. The number of sulfonamides is 1. The fraction of sp³-hybridized carbons (Fsp3) is 0.556. The van der Waals surface area contributed by atoms with E-state index in [1.807, 2.05) is 0 Å². The standard InChI is InChI=1S/C9H19N7O2S/c1-9(2,16-19(3,17)18)5-12-6-4-7(15-11)14-8(10)13-6/h4,16H,5,11H2,1-3H3,(H4,10,12,13,14,15). The zero-order valence-electron chi connectivity index (χ0n) is 11.1. The number of nitrogens with zero attached hydrogens (tertiary/aromatic N) is 2. The second-order valence-corrected chi connectivity index (χ2v) is 6.50. The van der Waals surface area contributed by atoms with Gasteiger partial charge in [0.1, 0.15) is 11.6 Å². The molecule has 0 bridgehead atoms. The van der Waals surface area contributed by atoms with Crippen molar-refractivity contribution in [2.45, 2.75) is 19.4 Å². The Balaban J connectivity index is 2.73. The summed E-state index contributed by atoms with van der Waals surface area (Å²) in [4.78, 5) is 7.80. The molecule has 0 amide bonds. The van der Waals surface area contributed by atoms with Crippen LogP contribution < -0.4 is 27.0 Å². The summed E-state index contributed by atoms with van der Waals surface area (Å²) in [5.41, 5.74) is 7.19. The molecule has 0 spiro atoms. The molecule has 0 atom stereocenters. The molecule has 108 valence electrons. The van der Waals surface area contributed by atoms with Gasteiger partial charge in [0, 0.05) is 18.2 Å². The monoisotopic (exact) mass is 289 g/mol. The van der Waals surface area contributed by atoms with Crippen LogP contribution in [0.1, 0.15) is 13.8 Å². The van der Waals surface area contributed by atoms with Gasteiger partial charge in [0.15, 0.2) is 0 Å². The number of rotatable bonds is 6. The molecular formula is C9H19N7O2S. The zero-order valence-corrected chi connectivity index (χ0v) is 11.9. The lowest BCUT2D eigenvalue weighted by Crippen LogP contribution is -2.47. The van der Waals surface area contributed by atoms with Crippen LogP contribution in [0.2, 0.25) is 0 Å². The molecule has 0 radical (unpaired) electrons. The van der Waals surface area contributed by atoms with Gasteiger partial charge in [-0.05, 0) is 13.8 Å². The van der Waals surface area contributed by atoms with Crippen molar-refractivity contribution < 1.29 is 8.42 Å². The molecule has 1 heterocycles. The maximum absolute atomic E-state index is 11.2. The fourth-order valence-electron chi connectivity index (χ4n) is 1.48. The summed E-state index contributed by atoms with van der Waals surface area (Å²) in [7, 11) is -3.29. The first-order chi connectivity index (χ1) is 8.61. The van der Waals surface area contributed by atoms with Crippen molar-refractivity contribution in [3.63, 3.8) is 0 Å². The Morgan fingerprint density at radius 2 is 1.89 bits per heavy atom. The second kappa shape index (κ2) is 5.55. The van der Waals surface area contributed by atoms with Crippen LogP contribution in [0.15, 0.2) is 6.07 Å². The van der Waals surface area contributed by atoms with E-state index >= 15 is 0 Å². The van der Waals surface area contributed by atoms with Crippen LogP contribution in [-0.4, -0.2) is 36.7 Å². The average molecular weight is 289 g/mol. The van der Waals surface area contributed by atoms with E-state index < -0.39 is 15.6 Å². The van der Waals surface area contributed by atoms with E-state index in [0.717, 1.165) is 6.26 Å². The van der Waals surface area contributed by atoms with Gasteiger partial charge in [-0.3, -0.25) is 0 Å². The normalized spacial score (nSPS) is 12.2. The van der Waals surface area contributed by atoms with E-state index in [-0.39, 0.29) is 5.95 Å². The Morgan fingerprint density at radius 1 is 1.32 bits per heavy atom. The lowest BCUT2D eigenvalue weighted by atomic mass is 10.1. The second-order valence-electron chi connectivity index (χ2n) is 4.75. The Hall–Kier alpha value is -1.65. The minimum atomic E-state index is -3.29. The molecule has 19 heavy (non-hydrogen) atoms. The predicted octanol–water partition coefficient (Wildman–Crippen LogP) is -0.916. The van der Waals surface area contributed by atoms with E-state index in [1.54, 1.807) is 19.9 Å². The topological polar surface area (TPSA) is 148 Å². The Kier molecular flexibility index (Phi) is 4.50. The molecular weight excluding hydrogens is 270 g/mol. The highest BCUT2D eigenvalue weighted by Crippen LogP contribution is 2.13. The molecule has 1 aromatic rings. The van der Waals surface area contributed by atoms with Gasteiger partial charge in [-0.2, -0.15) is 9.97 Å². The molecule has 0 unspecified atom stereocenters. The minimum Gasteiger partial charge on any atom is -0.368 e. The van der Waals surface area contributed by atoms with Crippen LogP contribution >= 0.6 is 0 Å². The molecule has 0 aliphatic rings. The lowest BCUT2D eigenvalue weighted by Gasteiger charge is -2.25. The summed E-state index contributed by atoms with van der Waals surface area (Å²) in [5.74, 6) is 6.11. The first-order valence-corrected chi connectivity index (χ1v) is 7.34. The SMILES string of the molecule is CC(C)(CNc1cc(NN)nc(N)n1)NS(C)(=O)=O. The fourth-order valence-corrected chi connectivity index (χ4v) is 2.56. The van der Waals surface area contributed by atoms with Gasteiger partial charge < -0.3 is 16.5 Å². The summed E-state index contributed by atoms with van der Waals surface area (Å²) in [6.45, 7) is 3.81. The van der Waals surface area contributed by atoms with Gasteiger partial charge in [-0.25, -0.2) is 19.0 Å². The highest BCUT2D eigenvalue weighted by atomic mass is 32.2. The Morgan fingerprint density at radius 3 is 2.42 bits per heavy atom.